The lowest BCUT2D eigenvalue weighted by molar-refractivity contribution is 0.709. The van der Waals surface area contributed by atoms with E-state index >= 15 is 0 Å². The smallest absolute Gasteiger partial charge is 0.266 e. The zero-order valence-electron chi connectivity index (χ0n) is 8.14. The first kappa shape index (κ1) is 9.93. The minimum absolute atomic E-state index is 0.207. The van der Waals surface area contributed by atoms with Crippen LogP contribution in [0.5, 0.6) is 0 Å². The second-order valence-electron chi connectivity index (χ2n) is 3.17. The molecule has 0 aliphatic heterocycles. The molecule has 1 aromatic carbocycles. The molecule has 0 N–H and O–H groups in total. The average Bonchev–Trinajstić information content (AvgIpc) is 2.27. The van der Waals surface area contributed by atoms with Crippen molar-refractivity contribution >= 4 is 11.6 Å². The Labute approximate surface area is 91.9 Å². The van der Waals surface area contributed by atoms with Crippen molar-refractivity contribution in [1.29, 1.82) is 0 Å². The van der Waals surface area contributed by atoms with Crippen molar-refractivity contribution in [3.8, 4) is 11.1 Å². The van der Waals surface area contributed by atoms with E-state index in [1.807, 2.05) is 30.3 Å². The summed E-state index contributed by atoms with van der Waals surface area (Å²) in [6, 6.07) is 9.48. The quantitative estimate of drug-likeness (QED) is 0.738. The predicted octanol–water partition coefficient (Wildman–Crippen LogP) is 2.10. The Morgan fingerprint density at radius 2 is 1.93 bits per heavy atom. The summed E-state index contributed by atoms with van der Waals surface area (Å²) in [7, 11) is 1.57. The highest BCUT2D eigenvalue weighted by Gasteiger charge is 2.08. The number of hydrogen-bond donors (Lipinski definition) is 0. The number of nitrogens with zero attached hydrogens (tertiary/aromatic N) is 2. The molecule has 2 aromatic rings. The highest BCUT2D eigenvalue weighted by atomic mass is 35.5. The Morgan fingerprint density at radius 3 is 2.60 bits per heavy atom. The Kier molecular flexibility index (Phi) is 2.56. The Hall–Kier alpha value is -1.61. The van der Waals surface area contributed by atoms with Gasteiger partial charge >= 0.3 is 0 Å². The first-order chi connectivity index (χ1) is 7.20. The third-order valence-corrected chi connectivity index (χ3v) is 2.53. The molecule has 0 bridgehead atoms. The molecule has 2 rings (SSSR count). The van der Waals surface area contributed by atoms with Gasteiger partial charge in [0, 0.05) is 12.6 Å². The normalized spacial score (nSPS) is 10.3. The molecule has 0 aliphatic rings. The summed E-state index contributed by atoms with van der Waals surface area (Å²) in [5.74, 6) is 0. The maximum Gasteiger partial charge on any atom is 0.285 e. The molecule has 15 heavy (non-hydrogen) atoms. The van der Waals surface area contributed by atoms with Gasteiger partial charge in [-0.3, -0.25) is 4.79 Å². The largest absolute Gasteiger partial charge is 0.285 e. The number of aryl methyl sites for hydroxylation is 1. The van der Waals surface area contributed by atoms with Crippen LogP contribution >= 0.6 is 11.6 Å². The fourth-order valence-corrected chi connectivity index (χ4v) is 1.61. The van der Waals surface area contributed by atoms with Crippen LogP contribution in [-0.4, -0.2) is 9.78 Å². The third-order valence-electron chi connectivity index (χ3n) is 2.16. The van der Waals surface area contributed by atoms with E-state index < -0.39 is 0 Å². The standard InChI is InChI=1S/C11H9ClN2O/c1-14-11(15)10(12)9(7-13-14)8-5-3-2-4-6-8/h2-7H,1H3. The van der Waals surface area contributed by atoms with Crippen LogP contribution in [0.15, 0.2) is 41.3 Å². The van der Waals surface area contributed by atoms with Crippen LogP contribution in [0.25, 0.3) is 11.1 Å². The molecule has 76 valence electrons. The zero-order chi connectivity index (χ0) is 10.8. The van der Waals surface area contributed by atoms with E-state index in [1.54, 1.807) is 13.2 Å². The van der Waals surface area contributed by atoms with Crippen molar-refractivity contribution < 1.29 is 0 Å². The van der Waals surface area contributed by atoms with Gasteiger partial charge in [0.15, 0.2) is 0 Å². The Bertz CT molecular complexity index is 534. The van der Waals surface area contributed by atoms with E-state index in [1.165, 1.54) is 4.68 Å². The van der Waals surface area contributed by atoms with Crippen LogP contribution in [0, 0.1) is 0 Å². The Balaban J connectivity index is 2.66. The summed E-state index contributed by atoms with van der Waals surface area (Å²) in [6.45, 7) is 0. The zero-order valence-corrected chi connectivity index (χ0v) is 8.90. The molecule has 0 saturated heterocycles. The molecule has 0 unspecified atom stereocenters. The molecular formula is C11H9ClN2O. The molecule has 1 aromatic heterocycles. The second-order valence-corrected chi connectivity index (χ2v) is 3.54. The second kappa shape index (κ2) is 3.87. The van der Waals surface area contributed by atoms with Gasteiger partial charge < -0.3 is 0 Å². The van der Waals surface area contributed by atoms with Crippen LogP contribution < -0.4 is 5.56 Å². The van der Waals surface area contributed by atoms with Crippen molar-refractivity contribution in [2.45, 2.75) is 0 Å². The molecule has 0 radical (unpaired) electrons. The molecule has 0 aliphatic carbocycles. The molecule has 0 amide bonds. The van der Waals surface area contributed by atoms with E-state index in [2.05, 4.69) is 5.10 Å². The van der Waals surface area contributed by atoms with Crippen molar-refractivity contribution in [2.75, 3.05) is 0 Å². The number of benzene rings is 1. The summed E-state index contributed by atoms with van der Waals surface area (Å²) >= 11 is 5.96. The van der Waals surface area contributed by atoms with Crippen molar-refractivity contribution in [3.05, 3.63) is 51.9 Å². The lowest BCUT2D eigenvalue weighted by Crippen LogP contribution is -2.19. The van der Waals surface area contributed by atoms with Crippen molar-refractivity contribution in [1.82, 2.24) is 9.78 Å². The summed E-state index contributed by atoms with van der Waals surface area (Å²) in [5, 5.41) is 4.14. The molecule has 3 nitrogen and oxygen atoms in total. The van der Waals surface area contributed by atoms with Gasteiger partial charge in [-0.1, -0.05) is 41.9 Å². The van der Waals surface area contributed by atoms with E-state index in [0.717, 1.165) is 5.56 Å². The predicted molar refractivity (Wildman–Crippen MR) is 59.9 cm³/mol. The molecule has 0 fully saturated rings. The van der Waals surface area contributed by atoms with Crippen LogP contribution in [0.3, 0.4) is 0 Å². The summed E-state index contributed by atoms with van der Waals surface area (Å²) in [4.78, 5) is 11.5. The molecule has 4 heteroatoms. The van der Waals surface area contributed by atoms with Crippen molar-refractivity contribution in [2.24, 2.45) is 7.05 Å². The number of aromatic nitrogens is 2. The maximum absolute atomic E-state index is 11.5. The number of hydrogen-bond acceptors (Lipinski definition) is 2. The summed E-state index contributed by atoms with van der Waals surface area (Å²) in [6.07, 6.45) is 1.60. The molecule has 1 heterocycles. The first-order valence-electron chi connectivity index (χ1n) is 4.47. The van der Waals surface area contributed by atoms with Gasteiger partial charge in [0.2, 0.25) is 0 Å². The molecule has 0 spiro atoms. The fourth-order valence-electron chi connectivity index (χ4n) is 1.33. The minimum atomic E-state index is -0.280. The van der Waals surface area contributed by atoms with Crippen LogP contribution in [0.2, 0.25) is 5.02 Å². The summed E-state index contributed by atoms with van der Waals surface area (Å²) < 4.78 is 1.22. The molecule has 0 saturated carbocycles. The van der Waals surface area contributed by atoms with Gasteiger partial charge in [0.25, 0.3) is 5.56 Å². The average molecular weight is 221 g/mol. The lowest BCUT2D eigenvalue weighted by Gasteiger charge is -2.04. The van der Waals surface area contributed by atoms with Crippen LogP contribution in [0.4, 0.5) is 0 Å². The van der Waals surface area contributed by atoms with Gasteiger partial charge in [0.05, 0.1) is 6.20 Å². The van der Waals surface area contributed by atoms with Crippen LogP contribution in [0.1, 0.15) is 0 Å². The van der Waals surface area contributed by atoms with Crippen LogP contribution in [-0.2, 0) is 7.05 Å². The molecular weight excluding hydrogens is 212 g/mol. The van der Waals surface area contributed by atoms with Crippen molar-refractivity contribution in [3.63, 3.8) is 0 Å². The third kappa shape index (κ3) is 1.78. The summed E-state index contributed by atoms with van der Waals surface area (Å²) in [5.41, 5.74) is 1.28. The van der Waals surface area contributed by atoms with Gasteiger partial charge in [-0.25, -0.2) is 4.68 Å². The molecule has 0 atom stereocenters. The SMILES string of the molecule is Cn1ncc(-c2ccccc2)c(Cl)c1=O. The topological polar surface area (TPSA) is 34.9 Å². The van der Waals surface area contributed by atoms with E-state index in [0.29, 0.717) is 5.56 Å². The van der Waals surface area contributed by atoms with E-state index in [9.17, 15) is 4.79 Å². The highest BCUT2D eigenvalue weighted by molar-refractivity contribution is 6.33. The van der Waals surface area contributed by atoms with Gasteiger partial charge in [-0.15, -0.1) is 0 Å². The Morgan fingerprint density at radius 1 is 1.27 bits per heavy atom. The van der Waals surface area contributed by atoms with E-state index in [-0.39, 0.29) is 10.6 Å². The maximum atomic E-state index is 11.5. The first-order valence-corrected chi connectivity index (χ1v) is 4.85. The van der Waals surface area contributed by atoms with Gasteiger partial charge in [-0.2, -0.15) is 5.10 Å². The fraction of sp³-hybridized carbons (Fsp3) is 0.0909. The minimum Gasteiger partial charge on any atom is -0.266 e. The van der Waals surface area contributed by atoms with Gasteiger partial charge in [-0.05, 0) is 5.56 Å². The number of rotatable bonds is 1. The monoisotopic (exact) mass is 220 g/mol. The van der Waals surface area contributed by atoms with Gasteiger partial charge in [0.1, 0.15) is 5.02 Å². The lowest BCUT2D eigenvalue weighted by atomic mass is 10.1. The highest BCUT2D eigenvalue weighted by Crippen LogP contribution is 2.23. The number of halogens is 1. The van der Waals surface area contributed by atoms with E-state index in [4.69, 9.17) is 11.6 Å².